The van der Waals surface area contributed by atoms with Gasteiger partial charge < -0.3 is 20.1 Å². The lowest BCUT2D eigenvalue weighted by molar-refractivity contribution is -0.124. The molecule has 140 valence electrons. The normalized spacial score (nSPS) is 20.8. The predicted octanol–water partition coefficient (Wildman–Crippen LogP) is 2.16. The summed E-state index contributed by atoms with van der Waals surface area (Å²) in [6.45, 7) is 0.805. The molecule has 3 rings (SSSR count). The number of carboxylic acid groups (broad SMARTS) is 1. The second kappa shape index (κ2) is 8.21. The number of Topliss-reactive ketones (excluding diaryl/α,β-unsaturated/α-hetero) is 1. The highest BCUT2D eigenvalue weighted by atomic mass is 16.5. The van der Waals surface area contributed by atoms with Crippen molar-refractivity contribution in [3.8, 4) is 5.75 Å². The van der Waals surface area contributed by atoms with E-state index in [0.29, 0.717) is 56.2 Å². The maximum Gasteiger partial charge on any atom is 0.407 e. The van der Waals surface area contributed by atoms with Gasteiger partial charge in [0.1, 0.15) is 11.5 Å². The average molecular weight is 360 g/mol. The van der Waals surface area contributed by atoms with Crippen LogP contribution in [0.3, 0.4) is 0 Å². The maximum atomic E-state index is 12.0. The second-order valence-corrected chi connectivity index (χ2v) is 6.95. The standard InChI is InChI=1S/C19H24N2O5/c22-16-4-1-14(11-16)13-2-5-17(6-3-13)26-12-18(23)20-15-7-9-21(10-8-15)19(24)25/h2-3,5-6,14-15H,1,4,7-12H2,(H,20,23)(H,24,25). The third-order valence-corrected chi connectivity index (χ3v) is 5.10. The van der Waals surface area contributed by atoms with E-state index < -0.39 is 6.09 Å². The fourth-order valence-electron chi connectivity index (χ4n) is 3.57. The number of rotatable bonds is 5. The van der Waals surface area contributed by atoms with Crippen LogP contribution in [0.4, 0.5) is 4.79 Å². The molecule has 2 amide bonds. The van der Waals surface area contributed by atoms with Crippen LogP contribution in [0.5, 0.6) is 5.75 Å². The first-order valence-electron chi connectivity index (χ1n) is 9.03. The van der Waals surface area contributed by atoms with Crippen molar-refractivity contribution in [2.45, 2.75) is 44.1 Å². The Hall–Kier alpha value is -2.57. The molecular formula is C19H24N2O5. The fraction of sp³-hybridized carbons (Fsp3) is 0.526. The zero-order chi connectivity index (χ0) is 18.5. The van der Waals surface area contributed by atoms with Crippen molar-refractivity contribution in [3.05, 3.63) is 29.8 Å². The van der Waals surface area contributed by atoms with E-state index in [0.717, 1.165) is 12.0 Å². The Labute approximate surface area is 152 Å². The summed E-state index contributed by atoms with van der Waals surface area (Å²) in [6.07, 6.45) is 2.50. The summed E-state index contributed by atoms with van der Waals surface area (Å²) in [6, 6.07) is 7.56. The van der Waals surface area contributed by atoms with E-state index in [9.17, 15) is 14.4 Å². The Morgan fingerprint density at radius 2 is 1.85 bits per heavy atom. The van der Waals surface area contributed by atoms with Crippen molar-refractivity contribution >= 4 is 17.8 Å². The van der Waals surface area contributed by atoms with Crippen LogP contribution >= 0.6 is 0 Å². The molecule has 0 bridgehead atoms. The minimum absolute atomic E-state index is 0.0102. The Balaban J connectivity index is 1.40. The molecule has 0 aromatic heterocycles. The number of amides is 2. The van der Waals surface area contributed by atoms with Crippen LogP contribution in [-0.4, -0.2) is 53.5 Å². The van der Waals surface area contributed by atoms with Crippen molar-refractivity contribution in [2.75, 3.05) is 19.7 Å². The fourth-order valence-corrected chi connectivity index (χ4v) is 3.57. The number of piperidine rings is 1. The molecule has 1 saturated carbocycles. The first-order valence-corrected chi connectivity index (χ1v) is 9.03. The zero-order valence-electron chi connectivity index (χ0n) is 14.6. The van der Waals surface area contributed by atoms with Crippen LogP contribution in [0.1, 0.15) is 43.6 Å². The summed E-state index contributed by atoms with van der Waals surface area (Å²) < 4.78 is 5.52. The molecule has 0 radical (unpaired) electrons. The number of carbonyl (C=O) groups is 3. The molecule has 1 unspecified atom stereocenters. The topological polar surface area (TPSA) is 95.9 Å². The zero-order valence-corrected chi connectivity index (χ0v) is 14.6. The molecule has 0 spiro atoms. The van der Waals surface area contributed by atoms with Crippen LogP contribution in [0.15, 0.2) is 24.3 Å². The van der Waals surface area contributed by atoms with Gasteiger partial charge in [-0.05, 0) is 42.9 Å². The number of carbonyl (C=O) groups excluding carboxylic acids is 2. The quantitative estimate of drug-likeness (QED) is 0.839. The number of ketones is 1. The van der Waals surface area contributed by atoms with E-state index in [2.05, 4.69) is 5.32 Å². The third-order valence-electron chi connectivity index (χ3n) is 5.10. The Morgan fingerprint density at radius 3 is 2.42 bits per heavy atom. The third kappa shape index (κ3) is 4.74. The number of nitrogens with one attached hydrogen (secondary N) is 1. The molecular weight excluding hydrogens is 336 g/mol. The molecule has 7 heteroatoms. The van der Waals surface area contributed by atoms with Crippen LogP contribution in [0.25, 0.3) is 0 Å². The molecule has 1 aromatic carbocycles. The van der Waals surface area contributed by atoms with Gasteiger partial charge in [-0.1, -0.05) is 12.1 Å². The van der Waals surface area contributed by atoms with E-state index in [4.69, 9.17) is 9.84 Å². The van der Waals surface area contributed by atoms with Gasteiger partial charge in [-0.2, -0.15) is 0 Å². The van der Waals surface area contributed by atoms with E-state index in [-0.39, 0.29) is 18.6 Å². The van der Waals surface area contributed by atoms with Crippen LogP contribution in [0.2, 0.25) is 0 Å². The smallest absolute Gasteiger partial charge is 0.407 e. The number of hydrogen-bond acceptors (Lipinski definition) is 4. The Bertz CT molecular complexity index is 665. The number of hydrogen-bond donors (Lipinski definition) is 2. The maximum absolute atomic E-state index is 12.0. The highest BCUT2D eigenvalue weighted by molar-refractivity contribution is 5.81. The van der Waals surface area contributed by atoms with E-state index >= 15 is 0 Å². The van der Waals surface area contributed by atoms with E-state index in [1.807, 2.05) is 24.3 Å². The largest absolute Gasteiger partial charge is 0.484 e. The molecule has 1 heterocycles. The second-order valence-electron chi connectivity index (χ2n) is 6.95. The average Bonchev–Trinajstić information content (AvgIpc) is 3.07. The lowest BCUT2D eigenvalue weighted by Gasteiger charge is -2.30. The summed E-state index contributed by atoms with van der Waals surface area (Å²) >= 11 is 0. The summed E-state index contributed by atoms with van der Waals surface area (Å²) in [5, 5.41) is 11.8. The molecule has 2 N–H and O–H groups in total. The highest BCUT2D eigenvalue weighted by Gasteiger charge is 2.24. The summed E-state index contributed by atoms with van der Waals surface area (Å²) in [5.41, 5.74) is 1.14. The van der Waals surface area contributed by atoms with Gasteiger partial charge in [0, 0.05) is 32.0 Å². The van der Waals surface area contributed by atoms with Gasteiger partial charge in [0.2, 0.25) is 0 Å². The monoisotopic (exact) mass is 360 g/mol. The van der Waals surface area contributed by atoms with Crippen LogP contribution in [0, 0.1) is 0 Å². The van der Waals surface area contributed by atoms with Gasteiger partial charge in [-0.25, -0.2) is 4.79 Å². The van der Waals surface area contributed by atoms with Crippen molar-refractivity contribution < 1.29 is 24.2 Å². The van der Waals surface area contributed by atoms with Gasteiger partial charge in [0.25, 0.3) is 5.91 Å². The molecule has 7 nitrogen and oxygen atoms in total. The van der Waals surface area contributed by atoms with Crippen LogP contribution < -0.4 is 10.1 Å². The van der Waals surface area contributed by atoms with Crippen LogP contribution in [-0.2, 0) is 9.59 Å². The Kier molecular flexibility index (Phi) is 5.75. The van der Waals surface area contributed by atoms with E-state index in [1.165, 1.54) is 4.90 Å². The molecule has 1 aliphatic heterocycles. The molecule has 1 atom stereocenters. The molecule has 1 saturated heterocycles. The van der Waals surface area contributed by atoms with Gasteiger partial charge >= 0.3 is 6.09 Å². The van der Waals surface area contributed by atoms with Crippen molar-refractivity contribution in [3.63, 3.8) is 0 Å². The summed E-state index contributed by atoms with van der Waals surface area (Å²) in [7, 11) is 0. The predicted molar refractivity (Wildman–Crippen MR) is 94.3 cm³/mol. The number of benzene rings is 1. The summed E-state index contributed by atoms with van der Waals surface area (Å²) in [4.78, 5) is 35.6. The lowest BCUT2D eigenvalue weighted by Crippen LogP contribution is -2.47. The number of nitrogens with zero attached hydrogens (tertiary/aromatic N) is 1. The van der Waals surface area contributed by atoms with E-state index in [1.54, 1.807) is 0 Å². The van der Waals surface area contributed by atoms with Crippen molar-refractivity contribution in [1.29, 1.82) is 0 Å². The minimum atomic E-state index is -0.913. The minimum Gasteiger partial charge on any atom is -0.484 e. The number of ether oxygens (including phenoxy) is 1. The van der Waals surface area contributed by atoms with Gasteiger partial charge in [0.15, 0.2) is 6.61 Å². The Morgan fingerprint density at radius 1 is 1.15 bits per heavy atom. The van der Waals surface area contributed by atoms with Crippen molar-refractivity contribution in [2.24, 2.45) is 0 Å². The lowest BCUT2D eigenvalue weighted by atomic mass is 9.98. The van der Waals surface area contributed by atoms with Crippen molar-refractivity contribution in [1.82, 2.24) is 10.2 Å². The SMILES string of the molecule is O=C1CCC(c2ccc(OCC(=O)NC3CCN(C(=O)O)CC3)cc2)C1. The first-order chi connectivity index (χ1) is 12.5. The first kappa shape index (κ1) is 18.2. The van der Waals surface area contributed by atoms with Gasteiger partial charge in [-0.15, -0.1) is 0 Å². The number of likely N-dealkylation sites (tertiary alicyclic amines) is 1. The molecule has 2 fully saturated rings. The summed E-state index contributed by atoms with van der Waals surface area (Å²) in [5.74, 6) is 1.04. The molecule has 26 heavy (non-hydrogen) atoms. The molecule has 2 aliphatic rings. The molecule has 1 aromatic rings. The molecule has 1 aliphatic carbocycles. The highest BCUT2D eigenvalue weighted by Crippen LogP contribution is 2.32. The van der Waals surface area contributed by atoms with Gasteiger partial charge in [0.05, 0.1) is 0 Å². The van der Waals surface area contributed by atoms with Gasteiger partial charge in [-0.3, -0.25) is 9.59 Å².